The van der Waals surface area contributed by atoms with Crippen LogP contribution in [0.15, 0.2) is 16.6 Å². The van der Waals surface area contributed by atoms with Gasteiger partial charge in [-0.15, -0.1) is 0 Å². The lowest BCUT2D eigenvalue weighted by molar-refractivity contribution is -0.165. The SMILES string of the molecule is CCOC(=O)C1(C)Oc2c(Br)cc(Cl)cc2NC1=O. The summed E-state index contributed by atoms with van der Waals surface area (Å²) >= 11 is 9.16. The van der Waals surface area contributed by atoms with E-state index in [1.54, 1.807) is 19.1 Å². The second-order valence-corrected chi connectivity index (χ2v) is 5.36. The number of benzene rings is 1. The van der Waals surface area contributed by atoms with Gasteiger partial charge in [-0.05, 0) is 41.9 Å². The van der Waals surface area contributed by atoms with Crippen molar-refractivity contribution in [3.8, 4) is 5.75 Å². The first-order valence-electron chi connectivity index (χ1n) is 5.55. The van der Waals surface area contributed by atoms with E-state index in [9.17, 15) is 9.59 Å². The van der Waals surface area contributed by atoms with Crippen molar-refractivity contribution >= 4 is 45.1 Å². The summed E-state index contributed by atoms with van der Waals surface area (Å²) in [7, 11) is 0. The molecule has 0 spiro atoms. The Hall–Kier alpha value is -1.27. The molecule has 7 heteroatoms. The van der Waals surface area contributed by atoms with Crippen LogP contribution < -0.4 is 10.1 Å². The van der Waals surface area contributed by atoms with Crippen LogP contribution >= 0.6 is 27.5 Å². The van der Waals surface area contributed by atoms with Gasteiger partial charge in [0.15, 0.2) is 5.75 Å². The Morgan fingerprint density at radius 2 is 2.26 bits per heavy atom. The van der Waals surface area contributed by atoms with E-state index in [1.807, 2.05) is 0 Å². The molecule has 1 aliphatic heterocycles. The third kappa shape index (κ3) is 2.42. The van der Waals surface area contributed by atoms with Gasteiger partial charge in [-0.3, -0.25) is 4.79 Å². The summed E-state index contributed by atoms with van der Waals surface area (Å²) < 4.78 is 11.0. The lowest BCUT2D eigenvalue weighted by Gasteiger charge is -2.33. The Bertz CT molecular complexity index is 563. The van der Waals surface area contributed by atoms with Gasteiger partial charge in [-0.25, -0.2) is 4.79 Å². The largest absolute Gasteiger partial charge is 0.463 e. The van der Waals surface area contributed by atoms with Crippen molar-refractivity contribution in [3.63, 3.8) is 0 Å². The van der Waals surface area contributed by atoms with Gasteiger partial charge in [0.2, 0.25) is 0 Å². The van der Waals surface area contributed by atoms with Crippen LogP contribution in [0.25, 0.3) is 0 Å². The van der Waals surface area contributed by atoms with Crippen LogP contribution in [0.4, 0.5) is 5.69 Å². The second-order valence-electron chi connectivity index (χ2n) is 4.07. The molecule has 1 aliphatic rings. The quantitative estimate of drug-likeness (QED) is 0.659. The minimum absolute atomic E-state index is 0.166. The van der Waals surface area contributed by atoms with Gasteiger partial charge in [-0.1, -0.05) is 11.6 Å². The Morgan fingerprint density at radius 3 is 2.89 bits per heavy atom. The number of anilines is 1. The Balaban J connectivity index is 2.44. The Kier molecular flexibility index (Phi) is 3.73. The first-order chi connectivity index (χ1) is 8.88. The zero-order chi connectivity index (χ0) is 14.2. The summed E-state index contributed by atoms with van der Waals surface area (Å²) in [6.07, 6.45) is 0. The van der Waals surface area contributed by atoms with E-state index in [2.05, 4.69) is 21.2 Å². The zero-order valence-electron chi connectivity index (χ0n) is 10.3. The van der Waals surface area contributed by atoms with Gasteiger partial charge >= 0.3 is 5.97 Å². The van der Waals surface area contributed by atoms with E-state index >= 15 is 0 Å². The van der Waals surface area contributed by atoms with Gasteiger partial charge in [-0.2, -0.15) is 0 Å². The number of hydrogen-bond donors (Lipinski definition) is 1. The molecule has 1 atom stereocenters. The molecule has 0 saturated carbocycles. The van der Waals surface area contributed by atoms with Crippen LogP contribution in [0, 0.1) is 0 Å². The van der Waals surface area contributed by atoms with Gasteiger partial charge in [0.1, 0.15) is 0 Å². The zero-order valence-corrected chi connectivity index (χ0v) is 12.6. The number of amides is 1. The highest BCUT2D eigenvalue weighted by Crippen LogP contribution is 2.42. The van der Waals surface area contributed by atoms with Crippen molar-refractivity contribution in [1.82, 2.24) is 0 Å². The van der Waals surface area contributed by atoms with E-state index in [-0.39, 0.29) is 6.61 Å². The lowest BCUT2D eigenvalue weighted by Crippen LogP contribution is -2.55. The Labute approximate surface area is 123 Å². The van der Waals surface area contributed by atoms with Crippen LogP contribution in [-0.2, 0) is 14.3 Å². The third-order valence-corrected chi connectivity index (χ3v) is 3.47. The number of hydrogen-bond acceptors (Lipinski definition) is 4. The number of rotatable bonds is 2. The molecule has 0 bridgehead atoms. The molecular formula is C12H11BrClNO4. The maximum atomic E-state index is 12.0. The van der Waals surface area contributed by atoms with E-state index in [4.69, 9.17) is 21.1 Å². The lowest BCUT2D eigenvalue weighted by atomic mass is 10.0. The molecule has 19 heavy (non-hydrogen) atoms. The third-order valence-electron chi connectivity index (χ3n) is 2.66. The average Bonchev–Trinajstić information content (AvgIpc) is 2.32. The summed E-state index contributed by atoms with van der Waals surface area (Å²) in [4.78, 5) is 23.9. The van der Waals surface area contributed by atoms with Crippen molar-refractivity contribution in [2.45, 2.75) is 19.4 Å². The number of carbonyl (C=O) groups excluding carboxylic acids is 2. The van der Waals surface area contributed by atoms with Crippen molar-refractivity contribution in [1.29, 1.82) is 0 Å². The number of carbonyl (C=O) groups is 2. The number of nitrogens with one attached hydrogen (secondary N) is 1. The molecule has 1 aromatic rings. The molecule has 1 unspecified atom stereocenters. The molecule has 0 saturated heterocycles. The van der Waals surface area contributed by atoms with Crippen molar-refractivity contribution in [2.24, 2.45) is 0 Å². The number of esters is 1. The number of fused-ring (bicyclic) bond motifs is 1. The molecule has 0 fully saturated rings. The Morgan fingerprint density at radius 1 is 1.58 bits per heavy atom. The molecule has 1 aromatic carbocycles. The highest BCUT2D eigenvalue weighted by atomic mass is 79.9. The van der Waals surface area contributed by atoms with E-state index in [0.717, 1.165) is 0 Å². The number of ether oxygens (including phenoxy) is 2. The fraction of sp³-hybridized carbons (Fsp3) is 0.333. The molecule has 1 amide bonds. The molecule has 0 aromatic heterocycles. The second kappa shape index (κ2) is 5.02. The first-order valence-corrected chi connectivity index (χ1v) is 6.72. The smallest absolute Gasteiger partial charge is 0.360 e. The van der Waals surface area contributed by atoms with Crippen molar-refractivity contribution in [3.05, 3.63) is 21.6 Å². The van der Waals surface area contributed by atoms with Gasteiger partial charge in [0, 0.05) is 5.02 Å². The molecule has 1 heterocycles. The maximum Gasteiger partial charge on any atom is 0.360 e. The maximum absolute atomic E-state index is 12.0. The number of halogens is 2. The van der Waals surface area contributed by atoms with Gasteiger partial charge < -0.3 is 14.8 Å². The van der Waals surface area contributed by atoms with Crippen LogP contribution in [-0.4, -0.2) is 24.1 Å². The summed E-state index contributed by atoms with van der Waals surface area (Å²) in [6.45, 7) is 3.19. The first kappa shape index (κ1) is 14.1. The molecule has 2 rings (SSSR count). The van der Waals surface area contributed by atoms with E-state index < -0.39 is 17.5 Å². The van der Waals surface area contributed by atoms with Gasteiger partial charge in [0.05, 0.1) is 16.8 Å². The average molecular weight is 349 g/mol. The summed E-state index contributed by atoms with van der Waals surface area (Å²) in [5.74, 6) is -0.979. The molecule has 1 N–H and O–H groups in total. The van der Waals surface area contributed by atoms with Crippen LogP contribution in [0.2, 0.25) is 5.02 Å². The normalized spacial score (nSPS) is 21.2. The summed E-state index contributed by atoms with van der Waals surface area (Å²) in [5.41, 5.74) is -1.30. The highest BCUT2D eigenvalue weighted by molar-refractivity contribution is 9.10. The molecule has 102 valence electrons. The van der Waals surface area contributed by atoms with Gasteiger partial charge in [0.25, 0.3) is 11.5 Å². The monoisotopic (exact) mass is 347 g/mol. The molecule has 0 aliphatic carbocycles. The van der Waals surface area contributed by atoms with Crippen LogP contribution in [0.5, 0.6) is 5.75 Å². The van der Waals surface area contributed by atoms with E-state index in [1.165, 1.54) is 6.92 Å². The predicted molar refractivity (Wildman–Crippen MR) is 73.4 cm³/mol. The minimum Gasteiger partial charge on any atom is -0.463 e. The van der Waals surface area contributed by atoms with Crippen LogP contribution in [0.3, 0.4) is 0 Å². The van der Waals surface area contributed by atoms with Crippen molar-refractivity contribution in [2.75, 3.05) is 11.9 Å². The minimum atomic E-state index is -1.71. The molecule has 0 radical (unpaired) electrons. The fourth-order valence-corrected chi connectivity index (χ4v) is 2.54. The summed E-state index contributed by atoms with van der Waals surface area (Å²) in [5, 5.41) is 3.03. The standard InChI is InChI=1S/C12H11BrClNO4/c1-3-18-11(17)12(2)10(16)15-8-5-6(14)4-7(13)9(8)19-12/h4-5H,3H2,1-2H3,(H,15,16). The van der Waals surface area contributed by atoms with Crippen molar-refractivity contribution < 1.29 is 19.1 Å². The summed E-state index contributed by atoms with van der Waals surface area (Å²) in [6, 6.07) is 3.16. The topological polar surface area (TPSA) is 64.6 Å². The predicted octanol–water partition coefficient (Wildman–Crippen LogP) is 2.76. The molecular weight excluding hydrogens is 337 g/mol. The highest BCUT2D eigenvalue weighted by Gasteiger charge is 2.49. The molecule has 5 nitrogen and oxygen atoms in total. The van der Waals surface area contributed by atoms with Crippen LogP contribution in [0.1, 0.15) is 13.8 Å². The van der Waals surface area contributed by atoms with E-state index in [0.29, 0.717) is 20.9 Å². The fourth-order valence-electron chi connectivity index (χ4n) is 1.65.